The zero-order valence-corrected chi connectivity index (χ0v) is 11.6. The van der Waals surface area contributed by atoms with Crippen molar-refractivity contribution in [3.63, 3.8) is 0 Å². The van der Waals surface area contributed by atoms with E-state index in [1.54, 1.807) is 12.1 Å². The Morgan fingerprint density at radius 2 is 2.25 bits per heavy atom. The average Bonchev–Trinajstić information content (AvgIpc) is 2.47. The molecule has 1 amide bonds. The lowest BCUT2D eigenvalue weighted by molar-refractivity contribution is -0.126. The molecule has 0 aromatic heterocycles. The van der Waals surface area contributed by atoms with Crippen molar-refractivity contribution in [2.24, 2.45) is 11.7 Å². The Hall–Kier alpha value is -1.46. The van der Waals surface area contributed by atoms with Crippen LogP contribution in [0.3, 0.4) is 0 Å². The lowest BCUT2D eigenvalue weighted by Gasteiger charge is -2.32. The summed E-state index contributed by atoms with van der Waals surface area (Å²) >= 11 is 0. The fraction of sp³-hybridized carbons (Fsp3) is 0.533. The van der Waals surface area contributed by atoms with Crippen LogP contribution in [0.2, 0.25) is 0 Å². The average molecular weight is 279 g/mol. The molecule has 20 heavy (non-hydrogen) atoms. The van der Waals surface area contributed by atoms with Crippen molar-refractivity contribution in [2.75, 3.05) is 26.2 Å². The molecule has 5 heteroatoms. The molecule has 110 valence electrons. The molecular formula is C15H22FN3O. The minimum atomic E-state index is -0.179. The molecule has 0 bridgehead atoms. The van der Waals surface area contributed by atoms with Crippen LogP contribution in [0.15, 0.2) is 24.3 Å². The lowest BCUT2D eigenvalue weighted by atomic mass is 9.96. The zero-order chi connectivity index (χ0) is 14.4. The molecule has 1 fully saturated rings. The smallest absolute Gasteiger partial charge is 0.224 e. The highest BCUT2D eigenvalue weighted by Gasteiger charge is 2.25. The number of halogens is 1. The maximum Gasteiger partial charge on any atom is 0.224 e. The van der Waals surface area contributed by atoms with E-state index in [2.05, 4.69) is 10.2 Å². The van der Waals surface area contributed by atoms with E-state index in [1.165, 1.54) is 6.07 Å². The van der Waals surface area contributed by atoms with Crippen LogP contribution in [0.25, 0.3) is 0 Å². The molecule has 0 aliphatic carbocycles. The number of nitrogens with two attached hydrogens (primary N) is 1. The Morgan fingerprint density at radius 3 is 3.00 bits per heavy atom. The van der Waals surface area contributed by atoms with Crippen molar-refractivity contribution >= 4 is 5.91 Å². The number of nitrogens with one attached hydrogen (secondary N) is 1. The van der Waals surface area contributed by atoms with Crippen LogP contribution < -0.4 is 11.1 Å². The zero-order valence-electron chi connectivity index (χ0n) is 11.6. The first kappa shape index (κ1) is 14.9. The number of rotatable bonds is 5. The summed E-state index contributed by atoms with van der Waals surface area (Å²) in [5, 5.41) is 2.83. The standard InChI is InChI=1S/C15H22FN3O/c16-14-6-2-1-4-12(14)10-19-9-3-5-13(11-19)15(20)18-8-7-17/h1-2,4,6,13H,3,5,7-11,17H2,(H,18,20). The van der Waals surface area contributed by atoms with Gasteiger partial charge in [0, 0.05) is 31.7 Å². The summed E-state index contributed by atoms with van der Waals surface area (Å²) in [5.41, 5.74) is 6.08. The number of carbonyl (C=O) groups excluding carboxylic acids is 1. The monoisotopic (exact) mass is 279 g/mol. The first-order chi connectivity index (χ1) is 9.70. The molecule has 1 saturated heterocycles. The van der Waals surface area contributed by atoms with Crippen molar-refractivity contribution in [2.45, 2.75) is 19.4 Å². The number of hydrogen-bond acceptors (Lipinski definition) is 3. The molecule has 1 aliphatic rings. The van der Waals surface area contributed by atoms with Gasteiger partial charge in [0.1, 0.15) is 5.82 Å². The number of benzene rings is 1. The Kier molecular flexibility index (Phi) is 5.49. The van der Waals surface area contributed by atoms with Crippen molar-refractivity contribution in [3.05, 3.63) is 35.6 Å². The van der Waals surface area contributed by atoms with E-state index >= 15 is 0 Å². The second-order valence-corrected chi connectivity index (χ2v) is 5.25. The summed E-state index contributed by atoms with van der Waals surface area (Å²) in [6, 6.07) is 6.81. The third kappa shape index (κ3) is 4.02. The van der Waals surface area contributed by atoms with Crippen molar-refractivity contribution < 1.29 is 9.18 Å². The van der Waals surface area contributed by atoms with Crippen LogP contribution in [-0.4, -0.2) is 37.0 Å². The van der Waals surface area contributed by atoms with Gasteiger partial charge in [0.25, 0.3) is 0 Å². The SMILES string of the molecule is NCCNC(=O)C1CCCN(Cc2ccccc2F)C1. The maximum absolute atomic E-state index is 13.6. The van der Waals surface area contributed by atoms with Gasteiger partial charge in [-0.25, -0.2) is 4.39 Å². The van der Waals surface area contributed by atoms with Gasteiger partial charge in [0.2, 0.25) is 5.91 Å². The van der Waals surface area contributed by atoms with Gasteiger partial charge in [-0.05, 0) is 25.5 Å². The quantitative estimate of drug-likeness (QED) is 0.849. The third-order valence-electron chi connectivity index (χ3n) is 3.67. The van der Waals surface area contributed by atoms with Crippen LogP contribution in [0, 0.1) is 11.7 Å². The molecule has 0 saturated carbocycles. The van der Waals surface area contributed by atoms with E-state index in [9.17, 15) is 9.18 Å². The third-order valence-corrected chi connectivity index (χ3v) is 3.67. The molecule has 1 aliphatic heterocycles. The Bertz CT molecular complexity index is 452. The summed E-state index contributed by atoms with van der Waals surface area (Å²) in [5.74, 6) is -0.127. The van der Waals surface area contributed by atoms with Gasteiger partial charge >= 0.3 is 0 Å². The summed E-state index contributed by atoms with van der Waals surface area (Å²) in [6.07, 6.45) is 1.86. The molecule has 3 N–H and O–H groups in total. The first-order valence-electron chi connectivity index (χ1n) is 7.14. The maximum atomic E-state index is 13.6. The molecule has 1 atom stereocenters. The normalized spacial score (nSPS) is 19.8. The Morgan fingerprint density at radius 1 is 1.45 bits per heavy atom. The fourth-order valence-electron chi connectivity index (χ4n) is 2.62. The highest BCUT2D eigenvalue weighted by Crippen LogP contribution is 2.19. The first-order valence-corrected chi connectivity index (χ1v) is 7.14. The second-order valence-electron chi connectivity index (χ2n) is 5.25. The number of hydrogen-bond donors (Lipinski definition) is 2. The topological polar surface area (TPSA) is 58.4 Å². The number of amides is 1. The molecule has 1 aromatic rings. The van der Waals surface area contributed by atoms with E-state index in [1.807, 2.05) is 6.07 Å². The van der Waals surface area contributed by atoms with Crippen LogP contribution in [0.5, 0.6) is 0 Å². The fourth-order valence-corrected chi connectivity index (χ4v) is 2.62. The van der Waals surface area contributed by atoms with Crippen LogP contribution in [0.1, 0.15) is 18.4 Å². The highest BCUT2D eigenvalue weighted by molar-refractivity contribution is 5.78. The molecule has 1 heterocycles. The van der Waals surface area contributed by atoms with E-state index in [4.69, 9.17) is 5.73 Å². The predicted octanol–water partition coefficient (Wildman–Crippen LogP) is 1.11. The van der Waals surface area contributed by atoms with Gasteiger partial charge in [0.15, 0.2) is 0 Å². The van der Waals surface area contributed by atoms with E-state index in [0.717, 1.165) is 19.4 Å². The minimum absolute atomic E-state index is 0.0120. The van der Waals surface area contributed by atoms with Gasteiger partial charge in [-0.2, -0.15) is 0 Å². The number of carbonyl (C=O) groups is 1. The van der Waals surface area contributed by atoms with E-state index < -0.39 is 0 Å². The molecular weight excluding hydrogens is 257 g/mol. The summed E-state index contributed by atoms with van der Waals surface area (Å²) in [4.78, 5) is 14.1. The number of nitrogens with zero attached hydrogens (tertiary/aromatic N) is 1. The van der Waals surface area contributed by atoms with Gasteiger partial charge in [-0.15, -0.1) is 0 Å². The Balaban J connectivity index is 1.90. The summed E-state index contributed by atoms with van der Waals surface area (Å²) in [7, 11) is 0. The van der Waals surface area contributed by atoms with E-state index in [-0.39, 0.29) is 17.6 Å². The molecule has 0 radical (unpaired) electrons. The van der Waals surface area contributed by atoms with Gasteiger partial charge in [-0.1, -0.05) is 18.2 Å². The lowest BCUT2D eigenvalue weighted by Crippen LogP contribution is -2.43. The van der Waals surface area contributed by atoms with Crippen molar-refractivity contribution in [1.29, 1.82) is 0 Å². The molecule has 0 spiro atoms. The van der Waals surface area contributed by atoms with Gasteiger partial charge in [0.05, 0.1) is 5.92 Å². The second kappa shape index (κ2) is 7.36. The predicted molar refractivity (Wildman–Crippen MR) is 76.5 cm³/mol. The summed E-state index contributed by atoms with van der Waals surface area (Å²) < 4.78 is 13.6. The summed E-state index contributed by atoms with van der Waals surface area (Å²) in [6.45, 7) is 3.13. The van der Waals surface area contributed by atoms with Crippen molar-refractivity contribution in [1.82, 2.24) is 10.2 Å². The van der Waals surface area contributed by atoms with Gasteiger partial charge < -0.3 is 11.1 Å². The Labute approximate surface area is 119 Å². The largest absolute Gasteiger partial charge is 0.355 e. The minimum Gasteiger partial charge on any atom is -0.355 e. The van der Waals surface area contributed by atoms with Gasteiger partial charge in [-0.3, -0.25) is 9.69 Å². The van der Waals surface area contributed by atoms with Crippen molar-refractivity contribution in [3.8, 4) is 0 Å². The highest BCUT2D eigenvalue weighted by atomic mass is 19.1. The van der Waals surface area contributed by atoms with Crippen LogP contribution in [0.4, 0.5) is 4.39 Å². The number of piperidine rings is 1. The molecule has 2 rings (SSSR count). The van der Waals surface area contributed by atoms with Crippen LogP contribution >= 0.6 is 0 Å². The van der Waals surface area contributed by atoms with E-state index in [0.29, 0.717) is 31.7 Å². The molecule has 4 nitrogen and oxygen atoms in total. The molecule has 1 unspecified atom stereocenters. The molecule has 1 aromatic carbocycles. The number of likely N-dealkylation sites (tertiary alicyclic amines) is 1. The van der Waals surface area contributed by atoms with Crippen LogP contribution in [-0.2, 0) is 11.3 Å².